The minimum atomic E-state index is -0.490. The number of hydrazone groups is 1. The summed E-state index contributed by atoms with van der Waals surface area (Å²) in [6.45, 7) is 5.69. The van der Waals surface area contributed by atoms with Crippen molar-refractivity contribution >= 4 is 41.0 Å². The summed E-state index contributed by atoms with van der Waals surface area (Å²) in [4.78, 5) is 26.6. The third kappa shape index (κ3) is 4.91. The summed E-state index contributed by atoms with van der Waals surface area (Å²) in [7, 11) is 0. The quantitative estimate of drug-likeness (QED) is 0.629. The molecular formula is C17H18ClN3O2S. The maximum absolute atomic E-state index is 12.3. The van der Waals surface area contributed by atoms with Crippen LogP contribution >= 0.6 is 22.9 Å². The number of benzene rings is 1. The zero-order chi connectivity index (χ0) is 17.7. The Labute approximate surface area is 149 Å². The molecule has 2 aromatic rings. The van der Waals surface area contributed by atoms with Crippen LogP contribution in [0.2, 0.25) is 5.02 Å². The Morgan fingerprint density at radius 3 is 2.54 bits per heavy atom. The van der Waals surface area contributed by atoms with Crippen molar-refractivity contribution in [3.05, 3.63) is 56.2 Å². The van der Waals surface area contributed by atoms with E-state index in [2.05, 4.69) is 15.8 Å². The van der Waals surface area contributed by atoms with Crippen LogP contribution in [-0.2, 0) is 0 Å². The standard InChI is InChI=1S/C17H18ClN3O2S/c1-10(2)20-16(22)14-7-5-12(18)8-15(14)17(23)21-19-9-13-6-4-11(3)24-13/h4-10H,1-3H3,(H,20,22)(H,21,23)/b19-9+. The molecule has 2 rings (SSSR count). The van der Waals surface area contributed by atoms with Crippen molar-refractivity contribution in [3.63, 3.8) is 0 Å². The molecule has 0 saturated heterocycles. The molecule has 2 N–H and O–H groups in total. The van der Waals surface area contributed by atoms with Gasteiger partial charge in [0.05, 0.1) is 17.3 Å². The lowest BCUT2D eigenvalue weighted by molar-refractivity contribution is 0.0914. The molecule has 0 aliphatic carbocycles. The summed E-state index contributed by atoms with van der Waals surface area (Å²) >= 11 is 7.52. The van der Waals surface area contributed by atoms with Gasteiger partial charge in [-0.3, -0.25) is 9.59 Å². The summed E-state index contributed by atoms with van der Waals surface area (Å²) in [5.74, 6) is -0.819. The topological polar surface area (TPSA) is 70.6 Å². The number of nitrogens with zero attached hydrogens (tertiary/aromatic N) is 1. The van der Waals surface area contributed by atoms with E-state index in [0.717, 1.165) is 9.75 Å². The van der Waals surface area contributed by atoms with E-state index in [9.17, 15) is 9.59 Å². The molecule has 0 unspecified atom stereocenters. The van der Waals surface area contributed by atoms with Gasteiger partial charge in [0.2, 0.25) is 0 Å². The van der Waals surface area contributed by atoms with E-state index in [0.29, 0.717) is 5.02 Å². The molecule has 0 atom stereocenters. The fraction of sp³-hybridized carbons (Fsp3) is 0.235. The highest BCUT2D eigenvalue weighted by Crippen LogP contribution is 2.17. The molecule has 1 heterocycles. The van der Waals surface area contributed by atoms with Crippen molar-refractivity contribution in [2.24, 2.45) is 5.10 Å². The van der Waals surface area contributed by atoms with Crippen LogP contribution in [-0.4, -0.2) is 24.1 Å². The van der Waals surface area contributed by atoms with E-state index in [1.165, 1.54) is 12.1 Å². The van der Waals surface area contributed by atoms with E-state index < -0.39 is 5.91 Å². The predicted octanol–water partition coefficient (Wildman–Crippen LogP) is 3.61. The molecule has 0 fully saturated rings. The molecule has 1 aromatic carbocycles. The molecule has 0 bridgehead atoms. The van der Waals surface area contributed by atoms with Crippen LogP contribution in [0, 0.1) is 6.92 Å². The van der Waals surface area contributed by atoms with Gasteiger partial charge in [-0.25, -0.2) is 5.43 Å². The van der Waals surface area contributed by atoms with Crippen molar-refractivity contribution < 1.29 is 9.59 Å². The van der Waals surface area contributed by atoms with Crippen LogP contribution in [0.3, 0.4) is 0 Å². The zero-order valence-corrected chi connectivity index (χ0v) is 15.2. The van der Waals surface area contributed by atoms with E-state index in [-0.39, 0.29) is 23.1 Å². The Kier molecular flexibility index (Phi) is 6.11. The second-order valence-corrected chi connectivity index (χ2v) is 7.22. The molecule has 126 valence electrons. The lowest BCUT2D eigenvalue weighted by atomic mass is 10.1. The van der Waals surface area contributed by atoms with Gasteiger partial charge in [0.25, 0.3) is 11.8 Å². The smallest absolute Gasteiger partial charge is 0.272 e. The number of carbonyl (C=O) groups excluding carboxylic acids is 2. The third-order valence-electron chi connectivity index (χ3n) is 3.01. The molecule has 0 saturated carbocycles. The number of aryl methyl sites for hydroxylation is 1. The third-order valence-corrected chi connectivity index (χ3v) is 4.18. The highest BCUT2D eigenvalue weighted by Gasteiger charge is 2.18. The van der Waals surface area contributed by atoms with Crippen molar-refractivity contribution in [3.8, 4) is 0 Å². The Balaban J connectivity index is 2.17. The molecule has 24 heavy (non-hydrogen) atoms. The van der Waals surface area contributed by atoms with Crippen molar-refractivity contribution in [1.29, 1.82) is 0 Å². The summed E-state index contributed by atoms with van der Waals surface area (Å²) in [6, 6.07) is 8.41. The fourth-order valence-corrected chi connectivity index (χ4v) is 2.90. The normalized spacial score (nSPS) is 11.0. The average molecular weight is 364 g/mol. The van der Waals surface area contributed by atoms with Crippen molar-refractivity contribution in [2.75, 3.05) is 0 Å². The van der Waals surface area contributed by atoms with E-state index in [1.54, 1.807) is 23.6 Å². The van der Waals surface area contributed by atoms with Gasteiger partial charge in [0.15, 0.2) is 0 Å². The van der Waals surface area contributed by atoms with Crippen molar-refractivity contribution in [2.45, 2.75) is 26.8 Å². The molecular weight excluding hydrogens is 346 g/mol. The first-order valence-corrected chi connectivity index (χ1v) is 8.56. The summed E-state index contributed by atoms with van der Waals surface area (Å²) in [5, 5.41) is 7.07. The van der Waals surface area contributed by atoms with Gasteiger partial charge >= 0.3 is 0 Å². The largest absolute Gasteiger partial charge is 0.350 e. The van der Waals surface area contributed by atoms with Crippen LogP contribution in [0.15, 0.2) is 35.4 Å². The first-order chi connectivity index (χ1) is 11.4. The number of amides is 2. The number of halogens is 1. The number of carbonyl (C=O) groups is 2. The second kappa shape index (κ2) is 8.08. The maximum atomic E-state index is 12.3. The number of thiophene rings is 1. The van der Waals surface area contributed by atoms with Gasteiger partial charge in [-0.1, -0.05) is 11.6 Å². The average Bonchev–Trinajstić information content (AvgIpc) is 2.91. The molecule has 1 aromatic heterocycles. The van der Waals surface area contributed by atoms with Gasteiger partial charge < -0.3 is 5.32 Å². The fourth-order valence-electron chi connectivity index (χ4n) is 1.98. The predicted molar refractivity (Wildman–Crippen MR) is 98.2 cm³/mol. The lowest BCUT2D eigenvalue weighted by Gasteiger charge is -2.11. The Hall–Kier alpha value is -2.18. The van der Waals surface area contributed by atoms with Gasteiger partial charge in [0.1, 0.15) is 0 Å². The van der Waals surface area contributed by atoms with Gasteiger partial charge in [0, 0.05) is 20.8 Å². The summed E-state index contributed by atoms with van der Waals surface area (Å²) in [6.07, 6.45) is 1.56. The molecule has 2 amide bonds. The van der Waals surface area contributed by atoms with E-state index in [4.69, 9.17) is 11.6 Å². The Morgan fingerprint density at radius 2 is 1.92 bits per heavy atom. The van der Waals surface area contributed by atoms with Gasteiger partial charge in [-0.15, -0.1) is 11.3 Å². The van der Waals surface area contributed by atoms with Gasteiger partial charge in [-0.05, 0) is 51.1 Å². The molecule has 7 heteroatoms. The van der Waals surface area contributed by atoms with Gasteiger partial charge in [-0.2, -0.15) is 5.10 Å². The highest BCUT2D eigenvalue weighted by atomic mass is 35.5. The highest BCUT2D eigenvalue weighted by molar-refractivity contribution is 7.13. The molecule has 0 aliphatic rings. The van der Waals surface area contributed by atoms with E-state index in [1.807, 2.05) is 32.9 Å². The summed E-state index contributed by atoms with van der Waals surface area (Å²) in [5.41, 5.74) is 2.87. The maximum Gasteiger partial charge on any atom is 0.272 e. The van der Waals surface area contributed by atoms with Crippen LogP contribution in [0.4, 0.5) is 0 Å². The second-order valence-electron chi connectivity index (χ2n) is 5.47. The number of hydrogen-bond acceptors (Lipinski definition) is 4. The number of rotatable bonds is 5. The molecule has 5 nitrogen and oxygen atoms in total. The molecule has 0 spiro atoms. The molecule has 0 radical (unpaired) electrons. The number of nitrogens with one attached hydrogen (secondary N) is 2. The summed E-state index contributed by atoms with van der Waals surface area (Å²) < 4.78 is 0. The Morgan fingerprint density at radius 1 is 1.17 bits per heavy atom. The first kappa shape index (κ1) is 18.2. The Bertz CT molecular complexity index is 784. The van der Waals surface area contributed by atoms with Crippen LogP contribution in [0.1, 0.15) is 44.3 Å². The van der Waals surface area contributed by atoms with Crippen molar-refractivity contribution in [1.82, 2.24) is 10.7 Å². The minimum absolute atomic E-state index is 0.0378. The monoisotopic (exact) mass is 363 g/mol. The van der Waals surface area contributed by atoms with Crippen LogP contribution < -0.4 is 10.7 Å². The van der Waals surface area contributed by atoms with Crippen LogP contribution in [0.25, 0.3) is 0 Å². The first-order valence-electron chi connectivity index (χ1n) is 7.37. The zero-order valence-electron chi connectivity index (χ0n) is 13.6. The van der Waals surface area contributed by atoms with Crippen LogP contribution in [0.5, 0.6) is 0 Å². The number of hydrogen-bond donors (Lipinski definition) is 2. The molecule has 0 aliphatic heterocycles. The SMILES string of the molecule is Cc1ccc(/C=N/NC(=O)c2cc(Cl)ccc2C(=O)NC(C)C)s1. The minimum Gasteiger partial charge on any atom is -0.350 e. The lowest BCUT2D eigenvalue weighted by Crippen LogP contribution is -2.32. The van der Waals surface area contributed by atoms with E-state index >= 15 is 0 Å².